The number of aryl methyl sites for hydroxylation is 1. The van der Waals surface area contributed by atoms with Crippen LogP contribution in [0.3, 0.4) is 0 Å². The molecule has 0 bridgehead atoms. The molecule has 3 rings (SSSR count). The lowest BCUT2D eigenvalue weighted by Crippen LogP contribution is -2.38. The van der Waals surface area contributed by atoms with Gasteiger partial charge in [0.25, 0.3) is 0 Å². The minimum absolute atomic E-state index is 0.151. The van der Waals surface area contributed by atoms with E-state index >= 15 is 0 Å². The van der Waals surface area contributed by atoms with Crippen molar-refractivity contribution >= 4 is 0 Å². The van der Waals surface area contributed by atoms with Crippen molar-refractivity contribution in [3.05, 3.63) is 47.9 Å². The highest BCUT2D eigenvalue weighted by Gasteiger charge is 2.22. The Balaban J connectivity index is 1.85. The molecule has 4 nitrogen and oxygen atoms in total. The molecule has 1 fully saturated rings. The summed E-state index contributed by atoms with van der Waals surface area (Å²) in [5, 5.41) is 14.0. The van der Waals surface area contributed by atoms with Gasteiger partial charge in [0.2, 0.25) is 0 Å². The maximum Gasteiger partial charge on any atom is 0.0943 e. The minimum Gasteiger partial charge on any atom is -0.387 e. The average Bonchev–Trinajstić information content (AvgIpc) is 2.55. The summed E-state index contributed by atoms with van der Waals surface area (Å²) in [6.45, 7) is 2.92. The molecule has 1 aromatic carbocycles. The predicted molar refractivity (Wildman–Crippen MR) is 82.8 cm³/mol. The van der Waals surface area contributed by atoms with Gasteiger partial charge in [-0.05, 0) is 37.9 Å². The SMILES string of the molecule is Cc1cncc(-c2cccc([C@H](O)[C@@H]3CCCCN3)c2)n1. The van der Waals surface area contributed by atoms with E-state index < -0.39 is 6.10 Å². The number of aliphatic hydroxyl groups excluding tert-OH is 1. The number of rotatable bonds is 3. The summed E-state index contributed by atoms with van der Waals surface area (Å²) in [5.41, 5.74) is 3.68. The minimum atomic E-state index is -0.469. The standard InChI is InChI=1S/C17H21N3O/c1-12-10-18-11-16(20-12)13-5-4-6-14(9-13)17(21)15-7-2-3-8-19-15/h4-6,9-11,15,17,19,21H,2-3,7-8H2,1H3/t15-,17-/m0/s1. The van der Waals surface area contributed by atoms with E-state index in [1.165, 1.54) is 12.8 Å². The lowest BCUT2D eigenvalue weighted by atomic mass is 9.94. The highest BCUT2D eigenvalue weighted by molar-refractivity contribution is 5.59. The molecular formula is C17H21N3O. The topological polar surface area (TPSA) is 58.0 Å². The molecule has 1 aromatic heterocycles. The fourth-order valence-corrected chi connectivity index (χ4v) is 2.87. The van der Waals surface area contributed by atoms with Crippen LogP contribution in [-0.4, -0.2) is 27.7 Å². The Hall–Kier alpha value is -1.78. The van der Waals surface area contributed by atoms with Crippen molar-refractivity contribution in [2.24, 2.45) is 0 Å². The monoisotopic (exact) mass is 283 g/mol. The number of aliphatic hydroxyl groups is 1. The summed E-state index contributed by atoms with van der Waals surface area (Å²) in [6, 6.07) is 8.13. The van der Waals surface area contributed by atoms with Crippen molar-refractivity contribution in [3.8, 4) is 11.3 Å². The van der Waals surface area contributed by atoms with Crippen molar-refractivity contribution in [1.82, 2.24) is 15.3 Å². The summed E-state index contributed by atoms with van der Waals surface area (Å²) >= 11 is 0. The summed E-state index contributed by atoms with van der Waals surface area (Å²) in [7, 11) is 0. The molecule has 1 saturated heterocycles. The van der Waals surface area contributed by atoms with E-state index in [-0.39, 0.29) is 6.04 Å². The number of benzene rings is 1. The molecule has 0 saturated carbocycles. The van der Waals surface area contributed by atoms with Gasteiger partial charge in [-0.1, -0.05) is 24.6 Å². The van der Waals surface area contributed by atoms with E-state index in [0.717, 1.165) is 35.5 Å². The fraction of sp³-hybridized carbons (Fsp3) is 0.412. The van der Waals surface area contributed by atoms with Gasteiger partial charge in [-0.25, -0.2) is 4.98 Å². The number of piperidine rings is 1. The zero-order valence-electron chi connectivity index (χ0n) is 12.3. The summed E-state index contributed by atoms with van der Waals surface area (Å²) in [6.07, 6.45) is 6.43. The van der Waals surface area contributed by atoms with Gasteiger partial charge < -0.3 is 10.4 Å². The lowest BCUT2D eigenvalue weighted by molar-refractivity contribution is 0.114. The van der Waals surface area contributed by atoms with Crippen LogP contribution in [0.1, 0.15) is 36.6 Å². The van der Waals surface area contributed by atoms with Gasteiger partial charge in [0.05, 0.1) is 23.7 Å². The van der Waals surface area contributed by atoms with E-state index in [4.69, 9.17) is 0 Å². The fourth-order valence-electron chi connectivity index (χ4n) is 2.87. The Morgan fingerprint density at radius 2 is 2.19 bits per heavy atom. The second-order valence-electron chi connectivity index (χ2n) is 5.67. The molecule has 0 unspecified atom stereocenters. The van der Waals surface area contributed by atoms with Crippen LogP contribution in [-0.2, 0) is 0 Å². The van der Waals surface area contributed by atoms with Crippen molar-refractivity contribution in [2.75, 3.05) is 6.54 Å². The van der Waals surface area contributed by atoms with Crippen LogP contribution in [0.15, 0.2) is 36.7 Å². The zero-order chi connectivity index (χ0) is 14.7. The van der Waals surface area contributed by atoms with Gasteiger partial charge >= 0.3 is 0 Å². The van der Waals surface area contributed by atoms with Gasteiger partial charge in [0.1, 0.15) is 0 Å². The Kier molecular flexibility index (Phi) is 4.27. The Bertz CT molecular complexity index is 608. The second-order valence-corrected chi connectivity index (χ2v) is 5.67. The quantitative estimate of drug-likeness (QED) is 0.909. The van der Waals surface area contributed by atoms with Crippen molar-refractivity contribution in [1.29, 1.82) is 0 Å². The summed E-state index contributed by atoms with van der Waals surface area (Å²) in [5.74, 6) is 0. The largest absolute Gasteiger partial charge is 0.387 e. The molecule has 0 spiro atoms. The molecule has 1 aliphatic heterocycles. The van der Waals surface area contributed by atoms with Gasteiger partial charge in [-0.2, -0.15) is 0 Å². The molecule has 110 valence electrons. The number of aromatic nitrogens is 2. The molecule has 0 aliphatic carbocycles. The third kappa shape index (κ3) is 3.28. The van der Waals surface area contributed by atoms with Gasteiger partial charge in [-0.15, -0.1) is 0 Å². The van der Waals surface area contributed by atoms with Gasteiger partial charge in [-0.3, -0.25) is 4.98 Å². The first-order valence-corrected chi connectivity index (χ1v) is 7.54. The zero-order valence-corrected chi connectivity index (χ0v) is 12.3. The molecule has 2 atom stereocenters. The smallest absolute Gasteiger partial charge is 0.0943 e. The van der Waals surface area contributed by atoms with Crippen LogP contribution in [0.5, 0.6) is 0 Å². The summed E-state index contributed by atoms with van der Waals surface area (Å²) in [4.78, 5) is 8.68. The third-order valence-corrected chi connectivity index (χ3v) is 4.01. The van der Waals surface area contributed by atoms with Gasteiger partial charge in [0, 0.05) is 17.8 Å². The van der Waals surface area contributed by atoms with Crippen molar-refractivity contribution in [3.63, 3.8) is 0 Å². The molecule has 0 amide bonds. The third-order valence-electron chi connectivity index (χ3n) is 4.01. The van der Waals surface area contributed by atoms with Crippen LogP contribution >= 0.6 is 0 Å². The number of nitrogens with one attached hydrogen (secondary N) is 1. The maximum atomic E-state index is 10.6. The average molecular weight is 283 g/mol. The van der Waals surface area contributed by atoms with Crippen molar-refractivity contribution in [2.45, 2.75) is 38.3 Å². The number of hydrogen-bond donors (Lipinski definition) is 2. The Labute approximate surface area is 125 Å². The molecule has 4 heteroatoms. The highest BCUT2D eigenvalue weighted by Crippen LogP contribution is 2.26. The van der Waals surface area contributed by atoms with E-state index in [0.29, 0.717) is 0 Å². The second kappa shape index (κ2) is 6.33. The first-order valence-electron chi connectivity index (χ1n) is 7.54. The Morgan fingerprint density at radius 3 is 2.95 bits per heavy atom. The predicted octanol–water partition coefficient (Wildman–Crippen LogP) is 2.63. The number of nitrogens with zero attached hydrogens (tertiary/aromatic N) is 2. The van der Waals surface area contributed by atoms with Crippen LogP contribution in [0.2, 0.25) is 0 Å². The first-order chi connectivity index (χ1) is 10.2. The highest BCUT2D eigenvalue weighted by atomic mass is 16.3. The van der Waals surface area contributed by atoms with E-state index in [2.05, 4.69) is 15.3 Å². The van der Waals surface area contributed by atoms with E-state index in [1.54, 1.807) is 12.4 Å². The molecule has 21 heavy (non-hydrogen) atoms. The lowest BCUT2D eigenvalue weighted by Gasteiger charge is -2.28. The first kappa shape index (κ1) is 14.2. The molecule has 2 N–H and O–H groups in total. The normalized spacial score (nSPS) is 20.2. The van der Waals surface area contributed by atoms with Crippen LogP contribution in [0, 0.1) is 6.92 Å². The van der Waals surface area contributed by atoms with E-state index in [9.17, 15) is 5.11 Å². The summed E-state index contributed by atoms with van der Waals surface area (Å²) < 4.78 is 0. The molecule has 0 radical (unpaired) electrons. The van der Waals surface area contributed by atoms with E-state index in [1.807, 2.05) is 31.2 Å². The Morgan fingerprint density at radius 1 is 1.29 bits per heavy atom. The van der Waals surface area contributed by atoms with Crippen LogP contribution < -0.4 is 5.32 Å². The maximum absolute atomic E-state index is 10.6. The van der Waals surface area contributed by atoms with Crippen LogP contribution in [0.4, 0.5) is 0 Å². The molecule has 1 aliphatic rings. The van der Waals surface area contributed by atoms with Crippen molar-refractivity contribution < 1.29 is 5.11 Å². The molecule has 2 heterocycles. The van der Waals surface area contributed by atoms with Crippen LogP contribution in [0.25, 0.3) is 11.3 Å². The molecular weight excluding hydrogens is 262 g/mol. The van der Waals surface area contributed by atoms with Gasteiger partial charge in [0.15, 0.2) is 0 Å². The molecule has 2 aromatic rings. The number of hydrogen-bond acceptors (Lipinski definition) is 4.